The molecule has 10 heavy (non-hydrogen) atoms. The highest BCUT2D eigenvalue weighted by Crippen LogP contribution is 2.09. The summed E-state index contributed by atoms with van der Waals surface area (Å²) in [7, 11) is 0. The first kappa shape index (κ1) is 6.54. The van der Waals surface area contributed by atoms with Crippen LogP contribution in [0.5, 0.6) is 0 Å². The van der Waals surface area contributed by atoms with Gasteiger partial charge < -0.3 is 10.1 Å². The summed E-state index contributed by atoms with van der Waals surface area (Å²) in [5, 5.41) is 5.18. The third kappa shape index (κ3) is 1.03. The number of nitrogens with two attached hydrogens (primary N) is 1. The molecule has 4 nitrogen and oxygen atoms in total. The molecule has 58 valence electrons. The third-order valence-electron chi connectivity index (χ3n) is 2.16. The number of hydrogen-bond acceptors (Lipinski definition) is 4. The van der Waals surface area contributed by atoms with Crippen LogP contribution in [0.2, 0.25) is 0 Å². The van der Waals surface area contributed by atoms with Crippen molar-refractivity contribution in [3.63, 3.8) is 0 Å². The van der Waals surface area contributed by atoms with Gasteiger partial charge in [0.15, 0.2) is 0 Å². The Hall–Kier alpha value is -0.160. The molecule has 3 aliphatic rings. The molecule has 0 aliphatic carbocycles. The SMILES string of the molecule is NN1CC2CNCC1CO2. The Morgan fingerprint density at radius 2 is 2.40 bits per heavy atom. The van der Waals surface area contributed by atoms with Gasteiger partial charge in [-0.3, -0.25) is 5.84 Å². The first-order chi connectivity index (χ1) is 4.86. The van der Waals surface area contributed by atoms with E-state index in [4.69, 9.17) is 10.6 Å². The van der Waals surface area contributed by atoms with Gasteiger partial charge in [-0.25, -0.2) is 5.01 Å². The maximum atomic E-state index is 5.73. The molecule has 0 aromatic heterocycles. The second-order valence-corrected chi connectivity index (χ2v) is 2.96. The summed E-state index contributed by atoms with van der Waals surface area (Å²) < 4.78 is 5.49. The highest BCUT2D eigenvalue weighted by Gasteiger charge is 2.29. The van der Waals surface area contributed by atoms with E-state index in [9.17, 15) is 0 Å². The van der Waals surface area contributed by atoms with Gasteiger partial charge in [0.1, 0.15) is 0 Å². The lowest BCUT2D eigenvalue weighted by Gasteiger charge is -2.32. The van der Waals surface area contributed by atoms with E-state index >= 15 is 0 Å². The van der Waals surface area contributed by atoms with E-state index in [1.165, 1.54) is 0 Å². The van der Waals surface area contributed by atoms with E-state index in [0.717, 1.165) is 26.2 Å². The van der Waals surface area contributed by atoms with E-state index in [1.54, 1.807) is 0 Å². The Labute approximate surface area is 60.3 Å². The van der Waals surface area contributed by atoms with Crippen molar-refractivity contribution in [2.24, 2.45) is 5.84 Å². The predicted octanol–water partition coefficient (Wildman–Crippen LogP) is -1.47. The minimum absolute atomic E-state index is 0.309. The third-order valence-corrected chi connectivity index (χ3v) is 2.16. The number of hydrazine groups is 1. The van der Waals surface area contributed by atoms with Crippen LogP contribution < -0.4 is 11.2 Å². The monoisotopic (exact) mass is 143 g/mol. The fourth-order valence-corrected chi connectivity index (χ4v) is 1.49. The van der Waals surface area contributed by atoms with Gasteiger partial charge >= 0.3 is 0 Å². The van der Waals surface area contributed by atoms with Gasteiger partial charge in [-0.05, 0) is 0 Å². The second-order valence-electron chi connectivity index (χ2n) is 2.96. The zero-order valence-electron chi connectivity index (χ0n) is 5.92. The average molecular weight is 143 g/mol. The zero-order chi connectivity index (χ0) is 6.97. The number of ether oxygens (including phenoxy) is 1. The Morgan fingerprint density at radius 3 is 3.20 bits per heavy atom. The summed E-state index contributed by atoms with van der Waals surface area (Å²) in [5.74, 6) is 5.73. The van der Waals surface area contributed by atoms with Crippen molar-refractivity contribution in [2.45, 2.75) is 12.1 Å². The van der Waals surface area contributed by atoms with Crippen LogP contribution in [0.1, 0.15) is 0 Å². The molecule has 0 saturated carbocycles. The van der Waals surface area contributed by atoms with Crippen LogP contribution in [-0.4, -0.2) is 43.4 Å². The van der Waals surface area contributed by atoms with Crippen LogP contribution >= 0.6 is 0 Å². The molecule has 0 aromatic carbocycles. The van der Waals surface area contributed by atoms with Crippen LogP contribution in [0, 0.1) is 0 Å². The number of rotatable bonds is 0. The van der Waals surface area contributed by atoms with Gasteiger partial charge in [0, 0.05) is 19.6 Å². The Kier molecular flexibility index (Phi) is 1.61. The normalized spacial score (nSPS) is 41.7. The quantitative estimate of drug-likeness (QED) is 0.407. The number of nitrogens with zero attached hydrogens (tertiary/aromatic N) is 1. The summed E-state index contributed by atoms with van der Waals surface area (Å²) in [4.78, 5) is 0. The van der Waals surface area contributed by atoms with Gasteiger partial charge in [-0.15, -0.1) is 0 Å². The summed E-state index contributed by atoms with van der Waals surface area (Å²) in [5.41, 5.74) is 0. The van der Waals surface area contributed by atoms with Crippen molar-refractivity contribution < 1.29 is 4.74 Å². The van der Waals surface area contributed by atoms with Gasteiger partial charge in [0.25, 0.3) is 0 Å². The molecule has 3 N–H and O–H groups in total. The molecule has 2 bridgehead atoms. The lowest BCUT2D eigenvalue weighted by atomic mass is 10.2. The fourth-order valence-electron chi connectivity index (χ4n) is 1.49. The number of hydrogen-bond donors (Lipinski definition) is 2. The zero-order valence-corrected chi connectivity index (χ0v) is 5.92. The van der Waals surface area contributed by atoms with E-state index in [0.29, 0.717) is 12.1 Å². The van der Waals surface area contributed by atoms with Crippen molar-refractivity contribution in [3.05, 3.63) is 0 Å². The van der Waals surface area contributed by atoms with Crippen molar-refractivity contribution >= 4 is 0 Å². The van der Waals surface area contributed by atoms with E-state index in [1.807, 2.05) is 5.01 Å². The minimum Gasteiger partial charge on any atom is -0.374 e. The van der Waals surface area contributed by atoms with E-state index in [2.05, 4.69) is 5.32 Å². The highest BCUT2D eigenvalue weighted by molar-refractivity contribution is 4.83. The molecule has 0 spiro atoms. The molecule has 2 atom stereocenters. The lowest BCUT2D eigenvalue weighted by molar-refractivity contribution is -0.0424. The van der Waals surface area contributed by atoms with Crippen LogP contribution in [0.4, 0.5) is 0 Å². The summed E-state index contributed by atoms with van der Waals surface area (Å²) in [6.45, 7) is 3.57. The van der Waals surface area contributed by atoms with Crippen molar-refractivity contribution in [2.75, 3.05) is 26.2 Å². The largest absolute Gasteiger partial charge is 0.374 e. The first-order valence-corrected chi connectivity index (χ1v) is 3.70. The van der Waals surface area contributed by atoms with Gasteiger partial charge in [-0.1, -0.05) is 0 Å². The molecule has 0 aromatic rings. The Morgan fingerprint density at radius 1 is 1.50 bits per heavy atom. The van der Waals surface area contributed by atoms with Crippen molar-refractivity contribution in [1.82, 2.24) is 10.3 Å². The number of nitrogens with one attached hydrogen (secondary N) is 1. The highest BCUT2D eigenvalue weighted by atomic mass is 16.5. The fraction of sp³-hybridized carbons (Fsp3) is 1.00. The molecule has 3 fully saturated rings. The van der Waals surface area contributed by atoms with Crippen LogP contribution in [-0.2, 0) is 4.74 Å². The molecule has 3 aliphatic heterocycles. The van der Waals surface area contributed by atoms with E-state index < -0.39 is 0 Å². The molecule has 3 saturated heterocycles. The summed E-state index contributed by atoms with van der Waals surface area (Å²) >= 11 is 0. The average Bonchev–Trinajstić information content (AvgIpc) is 2.20. The van der Waals surface area contributed by atoms with Crippen molar-refractivity contribution in [1.29, 1.82) is 0 Å². The maximum absolute atomic E-state index is 5.73. The van der Waals surface area contributed by atoms with Crippen LogP contribution in [0.3, 0.4) is 0 Å². The number of fused-ring (bicyclic) bond motifs is 4. The standard InChI is InChI=1S/C6H13N3O/c7-9-3-6-2-8-1-5(9)4-10-6/h5-6,8H,1-4,7H2. The second kappa shape index (κ2) is 2.47. The molecule has 0 radical (unpaired) electrons. The smallest absolute Gasteiger partial charge is 0.0841 e. The van der Waals surface area contributed by atoms with Gasteiger partial charge in [-0.2, -0.15) is 0 Å². The molecule has 2 unspecified atom stereocenters. The Balaban J connectivity index is 2.07. The molecule has 0 amide bonds. The van der Waals surface area contributed by atoms with E-state index in [-0.39, 0.29) is 0 Å². The van der Waals surface area contributed by atoms with Crippen LogP contribution in [0.25, 0.3) is 0 Å². The summed E-state index contributed by atoms with van der Waals surface area (Å²) in [6, 6.07) is 0.388. The van der Waals surface area contributed by atoms with Crippen molar-refractivity contribution in [3.8, 4) is 0 Å². The molecule has 3 heterocycles. The molecular formula is C6H13N3O. The first-order valence-electron chi connectivity index (χ1n) is 3.70. The minimum atomic E-state index is 0.309. The molecule has 3 rings (SSSR count). The van der Waals surface area contributed by atoms with Crippen LogP contribution in [0.15, 0.2) is 0 Å². The maximum Gasteiger partial charge on any atom is 0.0841 e. The Bertz CT molecular complexity index is 126. The van der Waals surface area contributed by atoms with Gasteiger partial charge in [0.05, 0.1) is 18.8 Å². The predicted molar refractivity (Wildman–Crippen MR) is 37.3 cm³/mol. The number of morpholine rings is 1. The molecular weight excluding hydrogens is 130 g/mol. The molecule has 4 heteroatoms. The topological polar surface area (TPSA) is 50.5 Å². The van der Waals surface area contributed by atoms with Gasteiger partial charge in [0.2, 0.25) is 0 Å². The summed E-state index contributed by atoms with van der Waals surface area (Å²) in [6.07, 6.45) is 0.309. The lowest BCUT2D eigenvalue weighted by Crippen LogP contribution is -2.52.